The monoisotopic (exact) mass is 303 g/mol. The minimum Gasteiger partial charge on any atom is -0.489 e. The fourth-order valence-corrected chi connectivity index (χ4v) is 1.99. The maximum Gasteiger partial charge on any atom is 0.322 e. The highest BCUT2D eigenvalue weighted by atomic mass is 19.1. The number of rotatable bonds is 6. The summed E-state index contributed by atoms with van der Waals surface area (Å²) >= 11 is 0. The van der Waals surface area contributed by atoms with Crippen LogP contribution >= 0.6 is 0 Å². The first-order valence-electron chi connectivity index (χ1n) is 6.88. The van der Waals surface area contributed by atoms with Gasteiger partial charge in [0.15, 0.2) is 0 Å². The lowest BCUT2D eigenvalue weighted by Gasteiger charge is -2.10. The Morgan fingerprint density at radius 1 is 1.18 bits per heavy atom. The van der Waals surface area contributed by atoms with Crippen molar-refractivity contribution in [1.29, 1.82) is 0 Å². The molecule has 2 N–H and O–H groups in total. The number of methoxy groups -OCH3 is 1. The van der Waals surface area contributed by atoms with Gasteiger partial charge in [-0.1, -0.05) is 30.3 Å². The molecule has 0 saturated carbocycles. The normalized spacial score (nSPS) is 11.8. The summed E-state index contributed by atoms with van der Waals surface area (Å²) in [5, 5.41) is 0. The van der Waals surface area contributed by atoms with E-state index in [1.54, 1.807) is 30.3 Å². The zero-order valence-electron chi connectivity index (χ0n) is 12.3. The Labute approximate surface area is 128 Å². The zero-order chi connectivity index (χ0) is 15.9. The predicted molar refractivity (Wildman–Crippen MR) is 80.9 cm³/mol. The molecule has 0 aliphatic carbocycles. The van der Waals surface area contributed by atoms with Crippen LogP contribution in [0.3, 0.4) is 0 Å². The number of halogens is 1. The number of ether oxygens (including phenoxy) is 2. The summed E-state index contributed by atoms with van der Waals surface area (Å²) in [5.74, 6) is -0.110. The second kappa shape index (κ2) is 7.56. The van der Waals surface area contributed by atoms with Crippen molar-refractivity contribution in [2.24, 2.45) is 5.73 Å². The van der Waals surface area contributed by atoms with Crippen molar-refractivity contribution in [1.82, 2.24) is 0 Å². The molecule has 5 heteroatoms. The van der Waals surface area contributed by atoms with Gasteiger partial charge in [-0.05, 0) is 30.2 Å². The molecule has 22 heavy (non-hydrogen) atoms. The standard InChI is InChI=1S/C17H18FNO3/c1-21-17(20)16(19)10-12-6-8-14(9-7-12)22-11-13-4-2-3-5-15(13)18/h2-9,16H,10-11,19H2,1H3/t16-/m0/s1. The third kappa shape index (κ3) is 4.30. The molecule has 0 radical (unpaired) electrons. The highest BCUT2D eigenvalue weighted by Crippen LogP contribution is 2.16. The number of esters is 1. The van der Waals surface area contributed by atoms with Crippen molar-refractivity contribution >= 4 is 5.97 Å². The Kier molecular flexibility index (Phi) is 5.49. The topological polar surface area (TPSA) is 61.5 Å². The minimum absolute atomic E-state index is 0.160. The second-order valence-corrected chi connectivity index (χ2v) is 4.86. The lowest BCUT2D eigenvalue weighted by molar-refractivity contribution is -0.142. The Balaban J connectivity index is 1.92. The summed E-state index contributed by atoms with van der Waals surface area (Å²) in [6, 6.07) is 13.0. The van der Waals surface area contributed by atoms with E-state index in [0.717, 1.165) is 5.56 Å². The van der Waals surface area contributed by atoms with Crippen molar-refractivity contribution in [2.45, 2.75) is 19.1 Å². The largest absolute Gasteiger partial charge is 0.489 e. The molecule has 0 saturated heterocycles. The van der Waals surface area contributed by atoms with Crippen LogP contribution in [0.25, 0.3) is 0 Å². The molecule has 0 aliphatic rings. The summed E-state index contributed by atoms with van der Waals surface area (Å²) in [7, 11) is 1.31. The van der Waals surface area contributed by atoms with Crippen molar-refractivity contribution in [3.05, 3.63) is 65.5 Å². The molecule has 0 fully saturated rings. The van der Waals surface area contributed by atoms with Gasteiger partial charge in [0.25, 0.3) is 0 Å². The quantitative estimate of drug-likeness (QED) is 0.833. The Morgan fingerprint density at radius 3 is 2.50 bits per heavy atom. The van der Waals surface area contributed by atoms with Crippen molar-refractivity contribution in [2.75, 3.05) is 7.11 Å². The van der Waals surface area contributed by atoms with E-state index in [4.69, 9.17) is 10.5 Å². The summed E-state index contributed by atoms with van der Waals surface area (Å²) in [6.45, 7) is 0.160. The number of benzene rings is 2. The summed E-state index contributed by atoms with van der Waals surface area (Å²) in [5.41, 5.74) is 7.10. The fraction of sp³-hybridized carbons (Fsp3) is 0.235. The van der Waals surface area contributed by atoms with Gasteiger partial charge >= 0.3 is 5.97 Å². The molecule has 4 nitrogen and oxygen atoms in total. The number of hydrogen-bond donors (Lipinski definition) is 1. The molecular formula is C17H18FNO3. The van der Waals surface area contributed by atoms with Crippen LogP contribution in [-0.4, -0.2) is 19.1 Å². The number of nitrogens with two attached hydrogens (primary N) is 1. The Morgan fingerprint density at radius 2 is 1.86 bits per heavy atom. The van der Waals surface area contributed by atoms with Gasteiger partial charge in [0.05, 0.1) is 7.11 Å². The number of hydrogen-bond acceptors (Lipinski definition) is 4. The highest BCUT2D eigenvalue weighted by molar-refractivity contribution is 5.75. The summed E-state index contributed by atoms with van der Waals surface area (Å²) in [4.78, 5) is 11.3. The van der Waals surface area contributed by atoms with Gasteiger partial charge < -0.3 is 15.2 Å². The first-order valence-corrected chi connectivity index (χ1v) is 6.88. The average molecular weight is 303 g/mol. The third-order valence-electron chi connectivity index (χ3n) is 3.24. The molecule has 2 rings (SSSR count). The van der Waals surface area contributed by atoms with Crippen LogP contribution in [0.2, 0.25) is 0 Å². The van der Waals surface area contributed by atoms with E-state index < -0.39 is 12.0 Å². The van der Waals surface area contributed by atoms with Crippen LogP contribution in [0, 0.1) is 5.82 Å². The maximum atomic E-state index is 13.5. The molecule has 0 spiro atoms. The molecule has 0 bridgehead atoms. The Bertz CT molecular complexity index is 628. The van der Waals surface area contributed by atoms with Gasteiger partial charge in [-0.25, -0.2) is 4.39 Å². The van der Waals surface area contributed by atoms with Crippen LogP contribution in [0.1, 0.15) is 11.1 Å². The van der Waals surface area contributed by atoms with E-state index in [1.807, 2.05) is 12.1 Å². The molecule has 116 valence electrons. The van der Waals surface area contributed by atoms with Gasteiger partial charge in [-0.15, -0.1) is 0 Å². The lowest BCUT2D eigenvalue weighted by Crippen LogP contribution is -2.33. The van der Waals surface area contributed by atoms with Gasteiger partial charge in [0.2, 0.25) is 0 Å². The van der Waals surface area contributed by atoms with Crippen molar-refractivity contribution < 1.29 is 18.7 Å². The molecule has 0 unspecified atom stereocenters. The minimum atomic E-state index is -0.685. The third-order valence-corrected chi connectivity index (χ3v) is 3.24. The van der Waals surface area contributed by atoms with Crippen LogP contribution in [-0.2, 0) is 22.6 Å². The first kappa shape index (κ1) is 16.0. The molecule has 2 aromatic rings. The lowest BCUT2D eigenvalue weighted by atomic mass is 10.1. The number of carbonyl (C=O) groups is 1. The first-order chi connectivity index (χ1) is 10.6. The smallest absolute Gasteiger partial charge is 0.322 e. The average Bonchev–Trinajstić information content (AvgIpc) is 2.54. The van der Waals surface area contributed by atoms with Crippen LogP contribution < -0.4 is 10.5 Å². The molecular weight excluding hydrogens is 285 g/mol. The van der Waals surface area contributed by atoms with Crippen LogP contribution in [0.15, 0.2) is 48.5 Å². The Hall–Kier alpha value is -2.40. The van der Waals surface area contributed by atoms with Gasteiger partial charge in [0, 0.05) is 5.56 Å². The maximum absolute atomic E-state index is 13.5. The van der Waals surface area contributed by atoms with E-state index >= 15 is 0 Å². The van der Waals surface area contributed by atoms with Gasteiger partial charge in [0.1, 0.15) is 24.2 Å². The van der Waals surface area contributed by atoms with E-state index in [0.29, 0.717) is 17.7 Å². The van der Waals surface area contributed by atoms with Crippen molar-refractivity contribution in [3.63, 3.8) is 0 Å². The molecule has 0 heterocycles. The SMILES string of the molecule is COC(=O)[C@@H](N)Cc1ccc(OCc2ccccc2F)cc1. The van der Waals surface area contributed by atoms with Gasteiger partial charge in [-0.2, -0.15) is 0 Å². The summed E-state index contributed by atoms with van der Waals surface area (Å²) in [6.07, 6.45) is 0.389. The van der Waals surface area contributed by atoms with Crippen molar-refractivity contribution in [3.8, 4) is 5.75 Å². The molecule has 0 amide bonds. The molecule has 1 atom stereocenters. The van der Waals surface area contributed by atoms with Crippen LogP contribution in [0.4, 0.5) is 4.39 Å². The molecule has 0 aromatic heterocycles. The van der Waals surface area contributed by atoms with E-state index in [2.05, 4.69) is 4.74 Å². The molecule has 2 aromatic carbocycles. The molecule has 0 aliphatic heterocycles. The number of carbonyl (C=O) groups excluding carboxylic acids is 1. The predicted octanol–water partition coefficient (Wildman–Crippen LogP) is 2.45. The van der Waals surface area contributed by atoms with E-state index in [9.17, 15) is 9.18 Å². The zero-order valence-corrected chi connectivity index (χ0v) is 12.3. The van der Waals surface area contributed by atoms with E-state index in [-0.39, 0.29) is 12.4 Å². The van der Waals surface area contributed by atoms with Gasteiger partial charge in [-0.3, -0.25) is 4.79 Å². The van der Waals surface area contributed by atoms with Crippen LogP contribution in [0.5, 0.6) is 5.75 Å². The second-order valence-electron chi connectivity index (χ2n) is 4.86. The highest BCUT2D eigenvalue weighted by Gasteiger charge is 2.14. The van der Waals surface area contributed by atoms with E-state index in [1.165, 1.54) is 13.2 Å². The summed E-state index contributed by atoms with van der Waals surface area (Å²) < 4.78 is 23.6. The fourth-order valence-electron chi connectivity index (χ4n) is 1.99.